The molecule has 3 nitrogen and oxygen atoms in total. The normalized spacial score (nSPS) is 9.85. The molecule has 0 aliphatic heterocycles. The highest BCUT2D eigenvalue weighted by molar-refractivity contribution is 5.66. The average Bonchev–Trinajstić information content (AvgIpc) is 2.07. The molecule has 0 spiro atoms. The fraction of sp³-hybridized carbons (Fsp3) is 0.400. The van der Waals surface area contributed by atoms with E-state index in [1.54, 1.807) is 7.11 Å². The molecule has 1 aromatic carbocycles. The van der Waals surface area contributed by atoms with E-state index in [0.29, 0.717) is 5.69 Å². The second kappa shape index (κ2) is 3.56. The van der Waals surface area contributed by atoms with Gasteiger partial charge in [0, 0.05) is 19.8 Å². The molecule has 0 fully saturated rings. The van der Waals surface area contributed by atoms with Crippen LogP contribution in [0.3, 0.4) is 0 Å². The van der Waals surface area contributed by atoms with Crippen LogP contribution in [0.5, 0.6) is 5.75 Å². The summed E-state index contributed by atoms with van der Waals surface area (Å²) in [6.07, 6.45) is 0. The molecule has 0 radical (unpaired) electrons. The lowest BCUT2D eigenvalue weighted by atomic mass is 10.1. The number of anilines is 2. The van der Waals surface area contributed by atoms with Gasteiger partial charge in [0.15, 0.2) is 0 Å². The average molecular weight is 180 g/mol. The van der Waals surface area contributed by atoms with E-state index in [1.165, 1.54) is 0 Å². The van der Waals surface area contributed by atoms with Crippen LogP contribution in [-0.4, -0.2) is 21.2 Å². The first-order chi connectivity index (χ1) is 6.06. The number of hydrogen-bond donors (Lipinski definition) is 1. The molecule has 0 aromatic heterocycles. The maximum absolute atomic E-state index is 5.79. The molecule has 1 rings (SSSR count). The third kappa shape index (κ3) is 1.86. The van der Waals surface area contributed by atoms with Gasteiger partial charge in [-0.3, -0.25) is 0 Å². The molecular weight excluding hydrogens is 164 g/mol. The second-order valence-electron chi connectivity index (χ2n) is 3.28. The SMILES string of the molecule is COc1cc(C)c(N(C)C)cc1N. The molecule has 3 heteroatoms. The van der Waals surface area contributed by atoms with Gasteiger partial charge in [0.1, 0.15) is 5.75 Å². The van der Waals surface area contributed by atoms with Gasteiger partial charge in [-0.05, 0) is 24.6 Å². The predicted octanol–water partition coefficient (Wildman–Crippen LogP) is 1.65. The first-order valence-corrected chi connectivity index (χ1v) is 4.17. The summed E-state index contributed by atoms with van der Waals surface area (Å²) in [6, 6.07) is 3.87. The number of methoxy groups -OCH3 is 1. The first kappa shape index (κ1) is 9.71. The van der Waals surface area contributed by atoms with Crippen molar-refractivity contribution < 1.29 is 4.74 Å². The van der Waals surface area contributed by atoms with Crippen LogP contribution in [-0.2, 0) is 0 Å². The smallest absolute Gasteiger partial charge is 0.142 e. The monoisotopic (exact) mass is 180 g/mol. The highest BCUT2D eigenvalue weighted by Gasteiger charge is 2.06. The van der Waals surface area contributed by atoms with Crippen molar-refractivity contribution in [1.29, 1.82) is 0 Å². The van der Waals surface area contributed by atoms with E-state index in [4.69, 9.17) is 10.5 Å². The van der Waals surface area contributed by atoms with Crippen molar-refractivity contribution in [3.63, 3.8) is 0 Å². The van der Waals surface area contributed by atoms with Crippen molar-refractivity contribution in [2.24, 2.45) is 0 Å². The Hall–Kier alpha value is -1.38. The molecule has 13 heavy (non-hydrogen) atoms. The Bertz CT molecular complexity index is 308. The minimum absolute atomic E-state index is 0.678. The largest absolute Gasteiger partial charge is 0.495 e. The quantitative estimate of drug-likeness (QED) is 0.703. The fourth-order valence-corrected chi connectivity index (χ4v) is 1.34. The van der Waals surface area contributed by atoms with Crippen molar-refractivity contribution in [1.82, 2.24) is 0 Å². The van der Waals surface area contributed by atoms with Crippen molar-refractivity contribution in [2.75, 3.05) is 31.8 Å². The van der Waals surface area contributed by atoms with E-state index in [-0.39, 0.29) is 0 Å². The number of rotatable bonds is 2. The van der Waals surface area contributed by atoms with E-state index in [9.17, 15) is 0 Å². The third-order valence-electron chi connectivity index (χ3n) is 2.03. The summed E-state index contributed by atoms with van der Waals surface area (Å²) in [5.74, 6) is 0.739. The number of nitrogens with zero attached hydrogens (tertiary/aromatic N) is 1. The van der Waals surface area contributed by atoms with Gasteiger partial charge >= 0.3 is 0 Å². The Labute approximate surface area is 79.1 Å². The zero-order valence-electron chi connectivity index (χ0n) is 8.59. The standard InChI is InChI=1S/C10H16N2O/c1-7-5-10(13-4)8(11)6-9(7)12(2)3/h5-6H,11H2,1-4H3. The lowest BCUT2D eigenvalue weighted by Crippen LogP contribution is -2.11. The van der Waals surface area contributed by atoms with Crippen molar-refractivity contribution in [3.05, 3.63) is 17.7 Å². The summed E-state index contributed by atoms with van der Waals surface area (Å²) >= 11 is 0. The molecule has 0 saturated carbocycles. The lowest BCUT2D eigenvalue weighted by molar-refractivity contribution is 0.416. The summed E-state index contributed by atoms with van der Waals surface area (Å²) < 4.78 is 5.12. The van der Waals surface area contributed by atoms with E-state index in [0.717, 1.165) is 17.0 Å². The second-order valence-corrected chi connectivity index (χ2v) is 3.28. The first-order valence-electron chi connectivity index (χ1n) is 4.17. The molecule has 2 N–H and O–H groups in total. The molecular formula is C10H16N2O. The number of ether oxygens (including phenoxy) is 1. The summed E-state index contributed by atoms with van der Waals surface area (Å²) in [5.41, 5.74) is 8.75. The van der Waals surface area contributed by atoms with Crippen LogP contribution < -0.4 is 15.4 Å². The number of nitrogen functional groups attached to an aromatic ring is 1. The maximum atomic E-state index is 5.79. The van der Waals surface area contributed by atoms with Crippen molar-refractivity contribution in [2.45, 2.75) is 6.92 Å². The Morgan fingerprint density at radius 2 is 1.92 bits per heavy atom. The Balaban J connectivity index is 3.20. The molecule has 0 bridgehead atoms. The summed E-state index contributed by atoms with van der Waals surface area (Å²) in [7, 11) is 5.61. The van der Waals surface area contributed by atoms with Gasteiger partial charge in [0.2, 0.25) is 0 Å². The van der Waals surface area contributed by atoms with E-state index < -0.39 is 0 Å². The maximum Gasteiger partial charge on any atom is 0.142 e. The summed E-state index contributed by atoms with van der Waals surface area (Å²) in [4.78, 5) is 2.03. The Morgan fingerprint density at radius 3 is 2.38 bits per heavy atom. The van der Waals surface area contributed by atoms with Crippen LogP contribution in [0.25, 0.3) is 0 Å². The van der Waals surface area contributed by atoms with Gasteiger partial charge in [-0.15, -0.1) is 0 Å². The van der Waals surface area contributed by atoms with E-state index >= 15 is 0 Å². The van der Waals surface area contributed by atoms with Gasteiger partial charge in [-0.25, -0.2) is 0 Å². The van der Waals surface area contributed by atoms with Gasteiger partial charge < -0.3 is 15.4 Å². The van der Waals surface area contributed by atoms with Crippen LogP contribution in [0.1, 0.15) is 5.56 Å². The highest BCUT2D eigenvalue weighted by Crippen LogP contribution is 2.29. The van der Waals surface area contributed by atoms with Crippen molar-refractivity contribution in [3.8, 4) is 5.75 Å². The number of benzene rings is 1. The zero-order chi connectivity index (χ0) is 10.0. The van der Waals surface area contributed by atoms with E-state index in [1.807, 2.05) is 38.1 Å². The van der Waals surface area contributed by atoms with E-state index in [2.05, 4.69) is 0 Å². The Kier molecular flexibility index (Phi) is 2.66. The molecule has 0 amide bonds. The molecule has 0 atom stereocenters. The van der Waals surface area contributed by atoms with Gasteiger partial charge in [-0.2, -0.15) is 0 Å². The minimum atomic E-state index is 0.678. The molecule has 1 aromatic rings. The highest BCUT2D eigenvalue weighted by atomic mass is 16.5. The lowest BCUT2D eigenvalue weighted by Gasteiger charge is -2.17. The molecule has 0 unspecified atom stereocenters. The topological polar surface area (TPSA) is 38.5 Å². The predicted molar refractivity (Wildman–Crippen MR) is 56.5 cm³/mol. The zero-order valence-corrected chi connectivity index (χ0v) is 8.59. The van der Waals surface area contributed by atoms with Gasteiger partial charge in [-0.1, -0.05) is 0 Å². The summed E-state index contributed by atoms with van der Waals surface area (Å²) in [5, 5.41) is 0. The van der Waals surface area contributed by atoms with Crippen LogP contribution in [0.15, 0.2) is 12.1 Å². The third-order valence-corrected chi connectivity index (χ3v) is 2.03. The van der Waals surface area contributed by atoms with Gasteiger partial charge in [0.05, 0.1) is 12.8 Å². The Morgan fingerprint density at radius 1 is 1.31 bits per heavy atom. The fourth-order valence-electron chi connectivity index (χ4n) is 1.34. The number of hydrogen-bond acceptors (Lipinski definition) is 3. The van der Waals surface area contributed by atoms with Crippen LogP contribution in [0.2, 0.25) is 0 Å². The van der Waals surface area contributed by atoms with Crippen LogP contribution in [0, 0.1) is 6.92 Å². The number of nitrogens with two attached hydrogens (primary N) is 1. The molecule has 0 aliphatic rings. The number of aryl methyl sites for hydroxylation is 1. The van der Waals surface area contributed by atoms with Crippen LogP contribution >= 0.6 is 0 Å². The van der Waals surface area contributed by atoms with Gasteiger partial charge in [0.25, 0.3) is 0 Å². The molecule has 0 aliphatic carbocycles. The molecule has 0 saturated heterocycles. The van der Waals surface area contributed by atoms with Crippen LogP contribution in [0.4, 0.5) is 11.4 Å². The molecule has 0 heterocycles. The van der Waals surface area contributed by atoms with Crippen molar-refractivity contribution >= 4 is 11.4 Å². The molecule has 72 valence electrons. The summed E-state index contributed by atoms with van der Waals surface area (Å²) in [6.45, 7) is 2.04. The minimum Gasteiger partial charge on any atom is -0.495 e.